The summed E-state index contributed by atoms with van der Waals surface area (Å²) in [5, 5.41) is 3.23. The van der Waals surface area contributed by atoms with Crippen LogP contribution in [0.25, 0.3) is 0 Å². The van der Waals surface area contributed by atoms with Crippen molar-refractivity contribution in [3.05, 3.63) is 35.6 Å². The van der Waals surface area contributed by atoms with Gasteiger partial charge in [-0.1, -0.05) is 12.1 Å². The molecule has 1 aliphatic heterocycles. The van der Waals surface area contributed by atoms with E-state index in [1.54, 1.807) is 12.1 Å². The number of hydrogen-bond donors (Lipinski definition) is 1. The standard InChI is InChI=1S/C15H22FNO/c1-17-11-13(10-15-6-3-7-18-15)8-12-4-2-5-14(16)9-12/h2,4-5,9,13,15,17H,3,6-8,10-11H2,1H3. The monoisotopic (exact) mass is 251 g/mol. The maximum Gasteiger partial charge on any atom is 0.123 e. The predicted molar refractivity (Wildman–Crippen MR) is 71.1 cm³/mol. The second kappa shape index (κ2) is 6.86. The quantitative estimate of drug-likeness (QED) is 0.839. The SMILES string of the molecule is CNCC(Cc1cccc(F)c1)CC1CCCO1. The lowest BCUT2D eigenvalue weighted by Crippen LogP contribution is -2.25. The Morgan fingerprint density at radius 1 is 1.50 bits per heavy atom. The third-order valence-electron chi connectivity index (χ3n) is 3.53. The molecule has 3 heteroatoms. The van der Waals surface area contributed by atoms with Crippen LogP contribution in [0.2, 0.25) is 0 Å². The van der Waals surface area contributed by atoms with Crippen LogP contribution in [0.3, 0.4) is 0 Å². The summed E-state index contributed by atoms with van der Waals surface area (Å²) in [6.07, 6.45) is 4.73. The highest BCUT2D eigenvalue weighted by Crippen LogP contribution is 2.22. The van der Waals surface area contributed by atoms with Crippen LogP contribution >= 0.6 is 0 Å². The van der Waals surface area contributed by atoms with Gasteiger partial charge in [-0.2, -0.15) is 0 Å². The van der Waals surface area contributed by atoms with Crippen LogP contribution in [0.5, 0.6) is 0 Å². The van der Waals surface area contributed by atoms with Crippen LogP contribution in [0.4, 0.5) is 4.39 Å². The molecule has 2 rings (SSSR count). The molecule has 0 aliphatic carbocycles. The lowest BCUT2D eigenvalue weighted by Gasteiger charge is -2.20. The average Bonchev–Trinajstić information content (AvgIpc) is 2.82. The molecule has 0 amide bonds. The lowest BCUT2D eigenvalue weighted by atomic mass is 9.92. The number of nitrogens with one attached hydrogen (secondary N) is 1. The molecule has 2 nitrogen and oxygen atoms in total. The van der Waals surface area contributed by atoms with E-state index < -0.39 is 0 Å². The molecule has 0 aromatic heterocycles. The molecule has 1 aromatic rings. The third-order valence-corrected chi connectivity index (χ3v) is 3.53. The van der Waals surface area contributed by atoms with E-state index in [1.807, 2.05) is 13.1 Å². The molecule has 0 bridgehead atoms. The first-order valence-corrected chi connectivity index (χ1v) is 6.78. The molecule has 2 unspecified atom stereocenters. The molecule has 1 fully saturated rings. The minimum absolute atomic E-state index is 0.146. The van der Waals surface area contributed by atoms with E-state index >= 15 is 0 Å². The minimum atomic E-state index is -0.146. The van der Waals surface area contributed by atoms with Gasteiger partial charge in [-0.15, -0.1) is 0 Å². The van der Waals surface area contributed by atoms with Gasteiger partial charge in [-0.3, -0.25) is 0 Å². The number of rotatable bonds is 6. The highest BCUT2D eigenvalue weighted by Gasteiger charge is 2.20. The van der Waals surface area contributed by atoms with Gasteiger partial charge in [0.15, 0.2) is 0 Å². The van der Waals surface area contributed by atoms with Crippen LogP contribution in [0.1, 0.15) is 24.8 Å². The zero-order valence-corrected chi connectivity index (χ0v) is 11.0. The predicted octanol–water partition coefficient (Wildman–Crippen LogP) is 2.77. The van der Waals surface area contributed by atoms with Crippen molar-refractivity contribution in [1.82, 2.24) is 5.32 Å². The molecule has 0 radical (unpaired) electrons. The summed E-state index contributed by atoms with van der Waals surface area (Å²) in [5.41, 5.74) is 1.08. The summed E-state index contributed by atoms with van der Waals surface area (Å²) in [6, 6.07) is 6.92. The van der Waals surface area contributed by atoms with Crippen LogP contribution in [0, 0.1) is 11.7 Å². The van der Waals surface area contributed by atoms with Crippen molar-refractivity contribution in [3.63, 3.8) is 0 Å². The maximum atomic E-state index is 13.2. The smallest absolute Gasteiger partial charge is 0.123 e. The topological polar surface area (TPSA) is 21.3 Å². The van der Waals surface area contributed by atoms with Gasteiger partial charge < -0.3 is 10.1 Å². The Kier molecular flexibility index (Phi) is 5.14. The van der Waals surface area contributed by atoms with E-state index in [0.29, 0.717) is 12.0 Å². The Bertz CT molecular complexity index is 363. The fourth-order valence-electron chi connectivity index (χ4n) is 2.73. The largest absolute Gasteiger partial charge is 0.378 e. The van der Waals surface area contributed by atoms with Crippen LogP contribution in [-0.2, 0) is 11.2 Å². The summed E-state index contributed by atoms with van der Waals surface area (Å²) in [7, 11) is 1.97. The maximum absolute atomic E-state index is 13.2. The second-order valence-corrected chi connectivity index (χ2v) is 5.13. The van der Waals surface area contributed by atoms with Crippen molar-refractivity contribution in [2.24, 2.45) is 5.92 Å². The molecule has 1 aliphatic rings. The molecular formula is C15H22FNO. The molecule has 1 heterocycles. The minimum Gasteiger partial charge on any atom is -0.378 e. The molecule has 18 heavy (non-hydrogen) atoms. The van der Waals surface area contributed by atoms with E-state index in [9.17, 15) is 4.39 Å². The first-order valence-electron chi connectivity index (χ1n) is 6.78. The average molecular weight is 251 g/mol. The highest BCUT2D eigenvalue weighted by atomic mass is 19.1. The molecule has 2 atom stereocenters. The third kappa shape index (κ3) is 4.07. The van der Waals surface area contributed by atoms with Crippen molar-refractivity contribution in [2.75, 3.05) is 20.2 Å². The molecule has 1 aromatic carbocycles. The van der Waals surface area contributed by atoms with Crippen molar-refractivity contribution >= 4 is 0 Å². The zero-order valence-electron chi connectivity index (χ0n) is 11.0. The first-order chi connectivity index (χ1) is 8.78. The number of ether oxygens (including phenoxy) is 1. The van der Waals surface area contributed by atoms with E-state index in [0.717, 1.165) is 31.6 Å². The highest BCUT2D eigenvalue weighted by molar-refractivity contribution is 5.17. The Morgan fingerprint density at radius 2 is 2.39 bits per heavy atom. The summed E-state index contributed by atoms with van der Waals surface area (Å²) in [4.78, 5) is 0. The molecule has 0 saturated carbocycles. The van der Waals surface area contributed by atoms with Crippen molar-refractivity contribution < 1.29 is 9.13 Å². The van der Waals surface area contributed by atoms with Crippen molar-refractivity contribution in [2.45, 2.75) is 31.8 Å². The first kappa shape index (κ1) is 13.5. The van der Waals surface area contributed by atoms with Gasteiger partial charge in [0, 0.05) is 6.61 Å². The summed E-state index contributed by atoms with van der Waals surface area (Å²) in [6.45, 7) is 1.85. The van der Waals surface area contributed by atoms with Gasteiger partial charge in [0.25, 0.3) is 0 Å². The Morgan fingerprint density at radius 3 is 3.06 bits per heavy atom. The molecule has 100 valence electrons. The van der Waals surface area contributed by atoms with Gasteiger partial charge in [-0.05, 0) is 62.9 Å². The summed E-state index contributed by atoms with van der Waals surface area (Å²) in [5.74, 6) is 0.368. The normalized spacial score (nSPS) is 21.1. The van der Waals surface area contributed by atoms with Crippen molar-refractivity contribution in [1.29, 1.82) is 0 Å². The van der Waals surface area contributed by atoms with E-state index in [1.165, 1.54) is 18.9 Å². The summed E-state index contributed by atoms with van der Waals surface area (Å²) >= 11 is 0. The van der Waals surface area contributed by atoms with Gasteiger partial charge in [0.1, 0.15) is 5.82 Å². The van der Waals surface area contributed by atoms with Gasteiger partial charge in [-0.25, -0.2) is 4.39 Å². The molecular weight excluding hydrogens is 229 g/mol. The van der Waals surface area contributed by atoms with Gasteiger partial charge in [0.05, 0.1) is 6.10 Å². The van der Waals surface area contributed by atoms with Crippen molar-refractivity contribution in [3.8, 4) is 0 Å². The summed E-state index contributed by atoms with van der Waals surface area (Å²) < 4.78 is 18.9. The van der Waals surface area contributed by atoms with Gasteiger partial charge in [0.2, 0.25) is 0 Å². The van der Waals surface area contributed by atoms with E-state index in [4.69, 9.17) is 4.74 Å². The second-order valence-electron chi connectivity index (χ2n) is 5.13. The van der Waals surface area contributed by atoms with E-state index in [2.05, 4.69) is 5.32 Å². The molecule has 0 spiro atoms. The number of hydrogen-bond acceptors (Lipinski definition) is 2. The Balaban J connectivity index is 1.92. The Labute approximate surface area is 109 Å². The molecule has 1 saturated heterocycles. The van der Waals surface area contributed by atoms with Crippen LogP contribution < -0.4 is 5.32 Å². The lowest BCUT2D eigenvalue weighted by molar-refractivity contribution is 0.0895. The van der Waals surface area contributed by atoms with Gasteiger partial charge >= 0.3 is 0 Å². The Hall–Kier alpha value is -0.930. The zero-order chi connectivity index (χ0) is 12.8. The number of halogens is 1. The van der Waals surface area contributed by atoms with E-state index in [-0.39, 0.29) is 5.82 Å². The fraction of sp³-hybridized carbons (Fsp3) is 0.600. The fourth-order valence-corrected chi connectivity index (χ4v) is 2.73. The number of benzene rings is 1. The van der Waals surface area contributed by atoms with Crippen LogP contribution in [-0.4, -0.2) is 26.3 Å². The molecule has 1 N–H and O–H groups in total. The van der Waals surface area contributed by atoms with Crippen LogP contribution in [0.15, 0.2) is 24.3 Å².